The number of primary amides is 1. The maximum atomic E-state index is 9.67. The van der Waals surface area contributed by atoms with E-state index in [1.807, 2.05) is 0 Å². The first-order valence-electron chi connectivity index (χ1n) is 1.47. The number of aldehydes is 1. The van der Waals surface area contributed by atoms with Gasteiger partial charge < -0.3 is 5.73 Å². The van der Waals surface area contributed by atoms with E-state index in [1.165, 1.54) is 0 Å². The van der Waals surface area contributed by atoms with E-state index in [1.54, 1.807) is 0 Å². The van der Waals surface area contributed by atoms with Crippen molar-refractivity contribution in [3.05, 3.63) is 0 Å². The monoisotopic (exact) mass is 101 g/mol. The van der Waals surface area contributed by atoms with Crippen molar-refractivity contribution in [2.45, 2.75) is 0 Å². The average Bonchev–Trinajstić information content (AvgIpc) is 1.65. The van der Waals surface area contributed by atoms with Crippen molar-refractivity contribution in [3.63, 3.8) is 0 Å². The molecular weight excluding hydrogens is 98.0 g/mol. The Kier molecular flexibility index (Phi) is 1.72. The SMILES string of the molecule is NC(=O)C(=O)C=O. The number of amides is 1. The van der Waals surface area contributed by atoms with Crippen LogP contribution in [0.4, 0.5) is 0 Å². The molecule has 0 radical (unpaired) electrons. The summed E-state index contributed by atoms with van der Waals surface area (Å²) in [4.78, 5) is 28.5. The Balaban J connectivity index is 3.81. The van der Waals surface area contributed by atoms with Crippen molar-refractivity contribution < 1.29 is 14.4 Å². The zero-order valence-electron chi connectivity index (χ0n) is 3.38. The Bertz CT molecular complexity index is 117. The molecule has 0 spiro atoms. The summed E-state index contributed by atoms with van der Waals surface area (Å²) in [5, 5.41) is 0. The molecule has 0 rings (SSSR count). The molecule has 0 heterocycles. The van der Waals surface area contributed by atoms with E-state index in [9.17, 15) is 14.4 Å². The maximum Gasteiger partial charge on any atom is 0.292 e. The van der Waals surface area contributed by atoms with Gasteiger partial charge in [-0.15, -0.1) is 0 Å². The molecule has 4 heteroatoms. The van der Waals surface area contributed by atoms with Crippen LogP contribution in [0.15, 0.2) is 0 Å². The van der Waals surface area contributed by atoms with Crippen molar-refractivity contribution in [1.29, 1.82) is 0 Å². The predicted molar refractivity (Wildman–Crippen MR) is 20.3 cm³/mol. The molecule has 0 aliphatic rings. The molecule has 7 heavy (non-hydrogen) atoms. The number of hydrogen-bond donors (Lipinski definition) is 1. The summed E-state index contributed by atoms with van der Waals surface area (Å²) in [5.41, 5.74) is 4.33. The minimum atomic E-state index is -1.21. The topological polar surface area (TPSA) is 77.2 Å². The lowest BCUT2D eigenvalue weighted by molar-refractivity contribution is -0.139. The van der Waals surface area contributed by atoms with Gasteiger partial charge in [0.1, 0.15) is 0 Å². The third kappa shape index (κ3) is 1.64. The number of nitrogens with two attached hydrogens (primary N) is 1. The zero-order chi connectivity index (χ0) is 5.86. The summed E-state index contributed by atoms with van der Waals surface area (Å²) in [7, 11) is 0. The van der Waals surface area contributed by atoms with E-state index in [0.29, 0.717) is 0 Å². The predicted octanol–water partition coefficient (Wildman–Crippen LogP) is -1.76. The normalized spacial score (nSPS) is 7.43. The molecule has 0 aromatic heterocycles. The summed E-state index contributed by atoms with van der Waals surface area (Å²) < 4.78 is 0. The van der Waals surface area contributed by atoms with Crippen LogP contribution in [-0.2, 0) is 14.4 Å². The lowest BCUT2D eigenvalue weighted by Crippen LogP contribution is -2.23. The molecule has 2 N–H and O–H groups in total. The van der Waals surface area contributed by atoms with Crippen molar-refractivity contribution >= 4 is 18.0 Å². The van der Waals surface area contributed by atoms with Gasteiger partial charge in [0.25, 0.3) is 11.7 Å². The smallest absolute Gasteiger partial charge is 0.292 e. The van der Waals surface area contributed by atoms with E-state index < -0.39 is 11.7 Å². The quantitative estimate of drug-likeness (QED) is 0.254. The highest BCUT2D eigenvalue weighted by atomic mass is 16.2. The number of hydrogen-bond acceptors (Lipinski definition) is 3. The largest absolute Gasteiger partial charge is 0.363 e. The molecule has 0 aliphatic heterocycles. The van der Waals surface area contributed by atoms with Gasteiger partial charge in [-0.3, -0.25) is 14.4 Å². The first-order chi connectivity index (χ1) is 3.18. The highest BCUT2D eigenvalue weighted by Crippen LogP contribution is 1.55. The Morgan fingerprint density at radius 1 is 1.43 bits per heavy atom. The molecule has 0 unspecified atom stereocenters. The molecule has 0 atom stereocenters. The molecule has 4 nitrogen and oxygen atoms in total. The van der Waals surface area contributed by atoms with Gasteiger partial charge >= 0.3 is 0 Å². The molecule has 0 aromatic rings. The first kappa shape index (κ1) is 5.81. The van der Waals surface area contributed by atoms with E-state index >= 15 is 0 Å². The molecule has 0 fully saturated rings. The zero-order valence-corrected chi connectivity index (χ0v) is 3.38. The highest BCUT2D eigenvalue weighted by molar-refractivity contribution is 6.56. The highest BCUT2D eigenvalue weighted by Gasteiger charge is 2.03. The molecule has 0 aliphatic carbocycles. The molecule has 38 valence electrons. The lowest BCUT2D eigenvalue weighted by atomic mass is 10.4. The third-order valence-electron chi connectivity index (χ3n) is 0.350. The van der Waals surface area contributed by atoms with Crippen LogP contribution in [0.5, 0.6) is 0 Å². The van der Waals surface area contributed by atoms with Crippen LogP contribution in [-0.4, -0.2) is 18.0 Å². The van der Waals surface area contributed by atoms with Crippen molar-refractivity contribution in [3.8, 4) is 0 Å². The van der Waals surface area contributed by atoms with Gasteiger partial charge in [0, 0.05) is 0 Å². The van der Waals surface area contributed by atoms with Crippen molar-refractivity contribution in [2.24, 2.45) is 5.73 Å². The maximum absolute atomic E-state index is 9.67. The number of Topliss-reactive ketones (excluding diaryl/α,β-unsaturated/α-hetero) is 1. The molecule has 0 bridgehead atoms. The van der Waals surface area contributed by atoms with Crippen molar-refractivity contribution in [1.82, 2.24) is 0 Å². The Hall–Kier alpha value is -1.19. The second kappa shape index (κ2) is 2.07. The van der Waals surface area contributed by atoms with Gasteiger partial charge in [0.15, 0.2) is 6.29 Å². The first-order valence-corrected chi connectivity index (χ1v) is 1.47. The Labute approximate surface area is 39.3 Å². The molecule has 0 saturated heterocycles. The van der Waals surface area contributed by atoms with Gasteiger partial charge in [-0.25, -0.2) is 0 Å². The van der Waals surface area contributed by atoms with Crippen LogP contribution in [0.1, 0.15) is 0 Å². The molecule has 0 aromatic carbocycles. The van der Waals surface area contributed by atoms with Crippen molar-refractivity contribution in [2.75, 3.05) is 0 Å². The molecule has 1 amide bonds. The van der Waals surface area contributed by atoms with Gasteiger partial charge in [0.2, 0.25) is 0 Å². The fourth-order valence-corrected chi connectivity index (χ4v) is 0.0581. The molecular formula is C3H3NO3. The molecule has 0 saturated carbocycles. The summed E-state index contributed by atoms with van der Waals surface area (Å²) in [6.07, 6.45) is -0.123. The Morgan fingerprint density at radius 2 is 1.86 bits per heavy atom. The van der Waals surface area contributed by atoms with Gasteiger partial charge in [-0.1, -0.05) is 0 Å². The average molecular weight is 101 g/mol. The number of carbonyl (C=O) groups is 3. The fourth-order valence-electron chi connectivity index (χ4n) is 0.0581. The van der Waals surface area contributed by atoms with Crippen LogP contribution in [0.3, 0.4) is 0 Å². The summed E-state index contributed by atoms with van der Waals surface area (Å²) in [5.74, 6) is -2.41. The number of rotatable bonds is 2. The van der Waals surface area contributed by atoms with Crippen LogP contribution >= 0.6 is 0 Å². The van der Waals surface area contributed by atoms with E-state index in [-0.39, 0.29) is 6.29 Å². The fraction of sp³-hybridized carbons (Fsp3) is 0. The summed E-state index contributed by atoms with van der Waals surface area (Å²) in [6.45, 7) is 0. The van der Waals surface area contributed by atoms with E-state index in [4.69, 9.17) is 0 Å². The van der Waals surface area contributed by atoms with Gasteiger partial charge in [0.05, 0.1) is 0 Å². The number of ketones is 1. The van der Waals surface area contributed by atoms with Crippen LogP contribution in [0.2, 0.25) is 0 Å². The Morgan fingerprint density at radius 3 is 1.86 bits per heavy atom. The summed E-state index contributed by atoms with van der Waals surface area (Å²) >= 11 is 0. The van der Waals surface area contributed by atoms with E-state index in [0.717, 1.165) is 0 Å². The lowest BCUT2D eigenvalue weighted by Gasteiger charge is -1.73. The van der Waals surface area contributed by atoms with Gasteiger partial charge in [-0.05, 0) is 0 Å². The van der Waals surface area contributed by atoms with Crippen LogP contribution in [0.25, 0.3) is 0 Å². The third-order valence-corrected chi connectivity index (χ3v) is 0.350. The van der Waals surface area contributed by atoms with Crippen LogP contribution in [0, 0.1) is 0 Å². The second-order valence-corrected chi connectivity index (χ2v) is 0.846. The minimum Gasteiger partial charge on any atom is -0.363 e. The second-order valence-electron chi connectivity index (χ2n) is 0.846. The van der Waals surface area contributed by atoms with Crippen LogP contribution < -0.4 is 5.73 Å². The van der Waals surface area contributed by atoms with E-state index in [2.05, 4.69) is 5.73 Å². The summed E-state index contributed by atoms with van der Waals surface area (Å²) in [6, 6.07) is 0. The minimum absolute atomic E-state index is 0.123. The number of carbonyl (C=O) groups excluding carboxylic acids is 3. The van der Waals surface area contributed by atoms with Gasteiger partial charge in [-0.2, -0.15) is 0 Å². The standard InChI is InChI=1S/C3H3NO3/c4-3(7)2(6)1-5/h1H,(H2,4,7).